The van der Waals surface area contributed by atoms with Crippen molar-refractivity contribution in [3.63, 3.8) is 0 Å². The van der Waals surface area contributed by atoms with Gasteiger partial charge in [-0.1, -0.05) is 50.6 Å². The summed E-state index contributed by atoms with van der Waals surface area (Å²) in [6.07, 6.45) is 0. The molecule has 3 heteroatoms. The Morgan fingerprint density at radius 3 is 2.00 bits per heavy atom. The van der Waals surface area contributed by atoms with Gasteiger partial charge in [-0.25, -0.2) is 4.79 Å². The van der Waals surface area contributed by atoms with Crippen molar-refractivity contribution in [1.29, 1.82) is 0 Å². The molecule has 0 radical (unpaired) electrons. The lowest BCUT2D eigenvalue weighted by atomic mass is 9.76. The number of carbonyl (C=O) groups is 1. The number of aryl methyl sites for hydroxylation is 1. The molecule has 0 spiro atoms. The number of hydrogen-bond donors (Lipinski definition) is 2. The summed E-state index contributed by atoms with van der Waals surface area (Å²) in [6, 6.07) is 7.59. The first-order valence-electron chi connectivity index (χ1n) is 5.82. The van der Waals surface area contributed by atoms with Gasteiger partial charge in [0.15, 0.2) is 5.60 Å². The first kappa shape index (κ1) is 13.7. The number of carboxylic acids is 1. The summed E-state index contributed by atoms with van der Waals surface area (Å²) >= 11 is 0. The average molecular weight is 236 g/mol. The third-order valence-electron chi connectivity index (χ3n) is 3.46. The average Bonchev–Trinajstić information content (AvgIpc) is 2.27. The quantitative estimate of drug-likeness (QED) is 0.844. The molecule has 2 atom stereocenters. The summed E-state index contributed by atoms with van der Waals surface area (Å²) in [5.74, 6) is -1.96. The first-order chi connectivity index (χ1) is 7.80. The smallest absolute Gasteiger partial charge is 0.336 e. The Morgan fingerprint density at radius 1 is 1.18 bits per heavy atom. The molecule has 0 aliphatic carbocycles. The monoisotopic (exact) mass is 236 g/mol. The lowest BCUT2D eigenvalue weighted by Gasteiger charge is -2.33. The highest BCUT2D eigenvalue weighted by atomic mass is 16.4. The summed E-state index contributed by atoms with van der Waals surface area (Å²) in [6.45, 7) is 7.16. The largest absolute Gasteiger partial charge is 0.479 e. The molecule has 0 aliphatic rings. The van der Waals surface area contributed by atoms with E-state index in [2.05, 4.69) is 0 Å². The van der Waals surface area contributed by atoms with Crippen LogP contribution in [0.5, 0.6) is 0 Å². The molecule has 0 aromatic heterocycles. The van der Waals surface area contributed by atoms with Gasteiger partial charge in [-0.2, -0.15) is 0 Å². The van der Waals surface area contributed by atoms with E-state index in [4.69, 9.17) is 0 Å². The van der Waals surface area contributed by atoms with Gasteiger partial charge in [-0.15, -0.1) is 0 Å². The van der Waals surface area contributed by atoms with Crippen molar-refractivity contribution in [3.05, 3.63) is 35.4 Å². The van der Waals surface area contributed by atoms with Gasteiger partial charge in [-0.05, 0) is 18.4 Å². The van der Waals surface area contributed by atoms with Crippen LogP contribution < -0.4 is 0 Å². The standard InChI is InChI=1S/C14H20O3/c1-9(2)14(17,13(15)16)11(4)12-7-5-10(3)6-8-12/h5-9,11,17H,1-4H3,(H,15,16). The van der Waals surface area contributed by atoms with Crippen molar-refractivity contribution < 1.29 is 15.0 Å². The lowest BCUT2D eigenvalue weighted by Crippen LogP contribution is -2.48. The molecule has 0 amide bonds. The van der Waals surface area contributed by atoms with E-state index in [-0.39, 0.29) is 5.92 Å². The summed E-state index contributed by atoms with van der Waals surface area (Å²) in [7, 11) is 0. The van der Waals surface area contributed by atoms with Crippen LogP contribution in [0, 0.1) is 12.8 Å². The van der Waals surface area contributed by atoms with E-state index in [9.17, 15) is 15.0 Å². The lowest BCUT2D eigenvalue weighted by molar-refractivity contribution is -0.166. The number of aliphatic carboxylic acids is 1. The minimum atomic E-state index is -1.73. The minimum absolute atomic E-state index is 0.351. The SMILES string of the molecule is Cc1ccc(C(C)C(O)(C(=O)O)C(C)C)cc1. The van der Waals surface area contributed by atoms with Gasteiger partial charge >= 0.3 is 5.97 Å². The fraction of sp³-hybridized carbons (Fsp3) is 0.500. The van der Waals surface area contributed by atoms with E-state index in [1.54, 1.807) is 20.8 Å². The van der Waals surface area contributed by atoms with Gasteiger partial charge in [0.25, 0.3) is 0 Å². The summed E-state index contributed by atoms with van der Waals surface area (Å²) in [5.41, 5.74) is 0.230. The third-order valence-corrected chi connectivity index (χ3v) is 3.46. The van der Waals surface area contributed by atoms with Crippen molar-refractivity contribution in [1.82, 2.24) is 0 Å². The van der Waals surface area contributed by atoms with Gasteiger partial charge in [0.2, 0.25) is 0 Å². The zero-order valence-electron chi connectivity index (χ0n) is 10.8. The van der Waals surface area contributed by atoms with E-state index >= 15 is 0 Å². The molecule has 0 heterocycles. The van der Waals surface area contributed by atoms with E-state index in [0.29, 0.717) is 0 Å². The fourth-order valence-corrected chi connectivity index (χ4v) is 2.04. The third kappa shape index (κ3) is 2.50. The van der Waals surface area contributed by atoms with Crippen LogP contribution in [0.15, 0.2) is 24.3 Å². The van der Waals surface area contributed by atoms with Crippen LogP contribution in [0.3, 0.4) is 0 Å². The maximum atomic E-state index is 11.3. The number of hydrogen-bond acceptors (Lipinski definition) is 2. The predicted molar refractivity (Wildman–Crippen MR) is 67.0 cm³/mol. The van der Waals surface area contributed by atoms with Gasteiger partial charge in [0, 0.05) is 5.92 Å². The molecule has 0 saturated carbocycles. The highest BCUT2D eigenvalue weighted by molar-refractivity contribution is 5.79. The Bertz CT molecular complexity index is 394. The van der Waals surface area contributed by atoms with E-state index in [0.717, 1.165) is 11.1 Å². The van der Waals surface area contributed by atoms with Crippen molar-refractivity contribution >= 4 is 5.97 Å². The number of aliphatic hydroxyl groups is 1. The number of carboxylic acid groups (broad SMARTS) is 1. The van der Waals surface area contributed by atoms with Crippen molar-refractivity contribution in [2.45, 2.75) is 39.2 Å². The Balaban J connectivity index is 3.13. The Hall–Kier alpha value is -1.35. The second-order valence-electron chi connectivity index (χ2n) is 4.92. The molecule has 94 valence electrons. The van der Waals surface area contributed by atoms with Crippen molar-refractivity contribution in [3.8, 4) is 0 Å². The zero-order valence-corrected chi connectivity index (χ0v) is 10.8. The molecular weight excluding hydrogens is 216 g/mol. The molecule has 0 bridgehead atoms. The minimum Gasteiger partial charge on any atom is -0.479 e. The molecular formula is C14H20O3. The maximum absolute atomic E-state index is 11.3. The Kier molecular flexibility index (Phi) is 3.94. The van der Waals surface area contributed by atoms with Crippen LogP contribution in [0.25, 0.3) is 0 Å². The number of rotatable bonds is 4. The molecule has 0 fully saturated rings. The molecule has 0 aliphatic heterocycles. The molecule has 2 unspecified atom stereocenters. The first-order valence-corrected chi connectivity index (χ1v) is 5.82. The van der Waals surface area contributed by atoms with Crippen LogP contribution >= 0.6 is 0 Å². The van der Waals surface area contributed by atoms with Crippen molar-refractivity contribution in [2.75, 3.05) is 0 Å². The maximum Gasteiger partial charge on any atom is 0.336 e. The van der Waals surface area contributed by atoms with Crippen LogP contribution in [0.2, 0.25) is 0 Å². The molecule has 2 N–H and O–H groups in total. The number of benzene rings is 1. The summed E-state index contributed by atoms with van der Waals surface area (Å²) < 4.78 is 0. The van der Waals surface area contributed by atoms with Crippen LogP contribution in [0.4, 0.5) is 0 Å². The van der Waals surface area contributed by atoms with Crippen LogP contribution in [0.1, 0.15) is 37.8 Å². The molecule has 0 saturated heterocycles. The topological polar surface area (TPSA) is 57.5 Å². The molecule has 1 aromatic carbocycles. The van der Waals surface area contributed by atoms with Crippen LogP contribution in [-0.2, 0) is 4.79 Å². The van der Waals surface area contributed by atoms with E-state index < -0.39 is 17.5 Å². The highest BCUT2D eigenvalue weighted by Crippen LogP contribution is 2.34. The van der Waals surface area contributed by atoms with Crippen LogP contribution in [-0.4, -0.2) is 21.8 Å². The summed E-state index contributed by atoms with van der Waals surface area (Å²) in [5, 5.41) is 19.6. The molecule has 17 heavy (non-hydrogen) atoms. The summed E-state index contributed by atoms with van der Waals surface area (Å²) in [4.78, 5) is 11.3. The van der Waals surface area contributed by atoms with Gasteiger partial charge < -0.3 is 10.2 Å². The normalized spacial score (nSPS) is 16.6. The zero-order chi connectivity index (χ0) is 13.2. The second-order valence-corrected chi connectivity index (χ2v) is 4.92. The molecule has 1 rings (SSSR count). The fourth-order valence-electron chi connectivity index (χ4n) is 2.04. The molecule has 3 nitrogen and oxygen atoms in total. The Labute approximate surface area is 102 Å². The van der Waals surface area contributed by atoms with Gasteiger partial charge in [0.1, 0.15) is 0 Å². The van der Waals surface area contributed by atoms with E-state index in [1.807, 2.05) is 31.2 Å². The Morgan fingerprint density at radius 2 is 1.65 bits per heavy atom. The van der Waals surface area contributed by atoms with Gasteiger partial charge in [0.05, 0.1) is 0 Å². The second kappa shape index (κ2) is 4.88. The predicted octanol–water partition coefficient (Wildman–Crippen LogP) is 2.57. The van der Waals surface area contributed by atoms with Gasteiger partial charge in [-0.3, -0.25) is 0 Å². The van der Waals surface area contributed by atoms with Crippen molar-refractivity contribution in [2.24, 2.45) is 5.92 Å². The molecule has 1 aromatic rings. The highest BCUT2D eigenvalue weighted by Gasteiger charge is 2.45. The van der Waals surface area contributed by atoms with E-state index in [1.165, 1.54) is 0 Å².